The summed E-state index contributed by atoms with van der Waals surface area (Å²) in [5.41, 5.74) is 2.01. The monoisotopic (exact) mass is 585 g/mol. The van der Waals surface area contributed by atoms with Crippen molar-refractivity contribution in [3.05, 3.63) is 88.9 Å². The molecule has 3 aromatic carbocycles. The van der Waals surface area contributed by atoms with Gasteiger partial charge in [-0.2, -0.15) is 0 Å². The van der Waals surface area contributed by atoms with E-state index in [1.54, 1.807) is 24.3 Å². The quantitative estimate of drug-likeness (QED) is 0.310. The highest BCUT2D eigenvalue weighted by Crippen LogP contribution is 2.35. The number of nitrogens with one attached hydrogen (secondary N) is 1. The molecule has 40 heavy (non-hydrogen) atoms. The second-order valence-electron chi connectivity index (χ2n) is 9.28. The Morgan fingerprint density at radius 3 is 2.27 bits per heavy atom. The van der Waals surface area contributed by atoms with Crippen molar-refractivity contribution in [1.82, 2.24) is 10.2 Å². The number of sulfonamides is 1. The molecule has 0 aliphatic heterocycles. The van der Waals surface area contributed by atoms with E-state index in [1.165, 1.54) is 30.2 Å². The number of benzene rings is 3. The normalized spacial score (nSPS) is 11.9. The number of hydrogen-bond acceptors (Lipinski definition) is 5. The molecule has 10 heteroatoms. The van der Waals surface area contributed by atoms with Crippen LogP contribution in [-0.4, -0.2) is 57.9 Å². The van der Waals surface area contributed by atoms with Gasteiger partial charge in [-0.05, 0) is 62.6 Å². The summed E-state index contributed by atoms with van der Waals surface area (Å²) < 4.78 is 34.5. The van der Waals surface area contributed by atoms with Crippen LogP contribution in [0, 0.1) is 6.92 Å². The highest BCUT2D eigenvalue weighted by Gasteiger charge is 2.34. The Hall–Kier alpha value is -3.56. The van der Waals surface area contributed by atoms with Crippen molar-refractivity contribution in [1.29, 1.82) is 0 Å². The third-order valence-electron chi connectivity index (χ3n) is 6.52. The molecule has 0 bridgehead atoms. The lowest BCUT2D eigenvalue weighted by atomic mass is 10.1. The molecule has 0 radical (unpaired) electrons. The first kappa shape index (κ1) is 31.0. The number of carbonyl (C=O) groups excluding carboxylic acids is 2. The smallest absolute Gasteiger partial charge is 0.264 e. The second-order valence-corrected chi connectivity index (χ2v) is 11.6. The average molecular weight is 586 g/mol. The van der Waals surface area contributed by atoms with Crippen molar-refractivity contribution in [3.8, 4) is 5.75 Å². The Labute approximate surface area is 241 Å². The van der Waals surface area contributed by atoms with Crippen LogP contribution in [0.4, 0.5) is 5.69 Å². The largest absolute Gasteiger partial charge is 0.495 e. The van der Waals surface area contributed by atoms with Crippen LogP contribution in [-0.2, 0) is 26.0 Å². The van der Waals surface area contributed by atoms with E-state index in [9.17, 15) is 18.0 Å². The maximum Gasteiger partial charge on any atom is 0.264 e. The number of carbonyl (C=O) groups is 2. The molecule has 1 atom stereocenters. The zero-order chi connectivity index (χ0) is 29.3. The number of methoxy groups -OCH3 is 1. The summed E-state index contributed by atoms with van der Waals surface area (Å²) in [5.74, 6) is -0.578. The number of anilines is 1. The van der Waals surface area contributed by atoms with Gasteiger partial charge in [-0.15, -0.1) is 0 Å². The van der Waals surface area contributed by atoms with E-state index in [1.807, 2.05) is 51.1 Å². The van der Waals surface area contributed by atoms with Gasteiger partial charge in [0.2, 0.25) is 11.8 Å². The predicted octanol–water partition coefficient (Wildman–Crippen LogP) is 4.84. The fourth-order valence-electron chi connectivity index (χ4n) is 4.40. The Morgan fingerprint density at radius 2 is 1.68 bits per heavy atom. The zero-order valence-corrected chi connectivity index (χ0v) is 24.8. The number of rotatable bonds is 13. The van der Waals surface area contributed by atoms with Crippen LogP contribution in [0.15, 0.2) is 77.7 Å². The van der Waals surface area contributed by atoms with E-state index in [0.717, 1.165) is 15.4 Å². The first-order valence-corrected chi connectivity index (χ1v) is 15.0. The van der Waals surface area contributed by atoms with Gasteiger partial charge in [0, 0.05) is 18.1 Å². The van der Waals surface area contributed by atoms with Crippen LogP contribution < -0.4 is 14.4 Å². The van der Waals surface area contributed by atoms with Gasteiger partial charge in [0.25, 0.3) is 10.0 Å². The molecule has 214 valence electrons. The second kappa shape index (κ2) is 14.2. The van der Waals surface area contributed by atoms with Crippen LogP contribution in [0.3, 0.4) is 0 Å². The summed E-state index contributed by atoms with van der Waals surface area (Å²) in [4.78, 5) is 28.5. The van der Waals surface area contributed by atoms with Gasteiger partial charge in [0.05, 0.1) is 17.7 Å². The molecule has 8 nitrogen and oxygen atoms in total. The van der Waals surface area contributed by atoms with E-state index in [-0.39, 0.29) is 33.8 Å². The van der Waals surface area contributed by atoms with Crippen molar-refractivity contribution < 1.29 is 22.7 Å². The van der Waals surface area contributed by atoms with Crippen LogP contribution in [0.1, 0.15) is 31.4 Å². The van der Waals surface area contributed by atoms with Crippen LogP contribution >= 0.6 is 11.6 Å². The lowest BCUT2D eigenvalue weighted by Gasteiger charge is -2.33. The Morgan fingerprint density at radius 1 is 1.00 bits per heavy atom. The standard InChI is InChI=1S/C30H36ClN3O5S/c1-5-26(30(36)32-6-2)33(19-18-23-10-8-7-9-11-23)29(35)21-34(27-20-24(31)14-17-28(27)39-4)40(37,38)25-15-12-22(3)13-16-25/h7-17,20,26H,5-6,18-19,21H2,1-4H3,(H,32,36)/t26-/m0/s1. The molecule has 0 saturated carbocycles. The molecular weight excluding hydrogens is 550 g/mol. The summed E-state index contributed by atoms with van der Waals surface area (Å²) in [6.45, 7) is 5.56. The lowest BCUT2D eigenvalue weighted by molar-refractivity contribution is -0.139. The number of hydrogen-bond donors (Lipinski definition) is 1. The van der Waals surface area contributed by atoms with Crippen LogP contribution in [0.5, 0.6) is 5.75 Å². The molecule has 0 spiro atoms. The average Bonchev–Trinajstić information content (AvgIpc) is 2.94. The van der Waals surface area contributed by atoms with Gasteiger partial charge >= 0.3 is 0 Å². The summed E-state index contributed by atoms with van der Waals surface area (Å²) in [6, 6.07) is 19.8. The minimum Gasteiger partial charge on any atom is -0.495 e. The zero-order valence-electron chi connectivity index (χ0n) is 23.3. The fraction of sp³-hybridized carbons (Fsp3) is 0.333. The van der Waals surface area contributed by atoms with Gasteiger partial charge in [0.1, 0.15) is 18.3 Å². The SMILES string of the molecule is CCNC(=O)[C@H](CC)N(CCc1ccccc1)C(=O)CN(c1cc(Cl)ccc1OC)S(=O)(=O)c1ccc(C)cc1. The molecule has 2 amide bonds. The Bertz CT molecular complexity index is 1400. The van der Waals surface area contributed by atoms with Crippen LogP contribution in [0.2, 0.25) is 5.02 Å². The molecule has 0 saturated heterocycles. The number of nitrogens with zero attached hydrogens (tertiary/aromatic N) is 2. The lowest BCUT2D eigenvalue weighted by Crippen LogP contribution is -2.53. The molecular formula is C30H36ClN3O5S. The molecule has 0 aromatic heterocycles. The predicted molar refractivity (Wildman–Crippen MR) is 158 cm³/mol. The fourth-order valence-corrected chi connectivity index (χ4v) is 5.98. The highest BCUT2D eigenvalue weighted by molar-refractivity contribution is 7.92. The molecule has 3 rings (SSSR count). The number of ether oxygens (including phenoxy) is 1. The van der Waals surface area contributed by atoms with Gasteiger partial charge in [-0.25, -0.2) is 8.42 Å². The minimum atomic E-state index is -4.23. The van der Waals surface area contributed by atoms with Gasteiger partial charge < -0.3 is 15.0 Å². The molecule has 3 aromatic rings. The summed E-state index contributed by atoms with van der Waals surface area (Å²) in [5, 5.41) is 3.08. The third-order valence-corrected chi connectivity index (χ3v) is 8.53. The van der Waals surface area contributed by atoms with E-state index < -0.39 is 28.5 Å². The Balaban J connectivity index is 2.07. The Kier molecular flexibility index (Phi) is 11.0. The molecule has 1 N–H and O–H groups in total. The number of halogens is 1. The van der Waals surface area contributed by atoms with Crippen LogP contribution in [0.25, 0.3) is 0 Å². The minimum absolute atomic E-state index is 0.0135. The summed E-state index contributed by atoms with van der Waals surface area (Å²) >= 11 is 6.28. The number of likely N-dealkylation sites (N-methyl/N-ethyl adjacent to an activating group) is 1. The number of amides is 2. The first-order chi connectivity index (χ1) is 19.1. The van der Waals surface area contributed by atoms with Crippen molar-refractivity contribution in [2.75, 3.05) is 31.0 Å². The van der Waals surface area contributed by atoms with Crippen molar-refractivity contribution in [3.63, 3.8) is 0 Å². The maximum atomic E-state index is 14.0. The van der Waals surface area contributed by atoms with Gasteiger partial charge in [-0.1, -0.05) is 66.6 Å². The molecule has 0 fully saturated rings. The van der Waals surface area contributed by atoms with Crippen molar-refractivity contribution in [2.24, 2.45) is 0 Å². The first-order valence-electron chi connectivity index (χ1n) is 13.2. The number of aryl methyl sites for hydroxylation is 1. The molecule has 0 heterocycles. The third kappa shape index (κ3) is 7.55. The van der Waals surface area contributed by atoms with Gasteiger partial charge in [0.15, 0.2) is 0 Å². The van der Waals surface area contributed by atoms with Gasteiger partial charge in [-0.3, -0.25) is 13.9 Å². The molecule has 0 unspecified atom stereocenters. The van der Waals surface area contributed by atoms with Crippen molar-refractivity contribution in [2.45, 2.75) is 44.6 Å². The molecule has 0 aliphatic rings. The van der Waals surface area contributed by atoms with E-state index in [0.29, 0.717) is 19.4 Å². The maximum absolute atomic E-state index is 14.0. The summed E-state index contributed by atoms with van der Waals surface area (Å²) in [7, 11) is -2.82. The van der Waals surface area contributed by atoms with E-state index >= 15 is 0 Å². The molecule has 0 aliphatic carbocycles. The van der Waals surface area contributed by atoms with E-state index in [2.05, 4.69) is 5.32 Å². The van der Waals surface area contributed by atoms with E-state index in [4.69, 9.17) is 16.3 Å². The topological polar surface area (TPSA) is 96.0 Å². The highest BCUT2D eigenvalue weighted by atomic mass is 35.5. The van der Waals surface area contributed by atoms with Crippen molar-refractivity contribution >= 4 is 39.1 Å². The summed E-state index contributed by atoms with van der Waals surface area (Å²) in [6.07, 6.45) is 0.852.